The van der Waals surface area contributed by atoms with Crippen LogP contribution in [0.1, 0.15) is 34.1 Å². The first-order valence-electron chi connectivity index (χ1n) is 9.85. The number of hydrogen-bond acceptors (Lipinski definition) is 3. The van der Waals surface area contributed by atoms with E-state index in [1.54, 1.807) is 36.4 Å². The van der Waals surface area contributed by atoms with Gasteiger partial charge in [-0.3, -0.25) is 4.79 Å². The highest BCUT2D eigenvalue weighted by molar-refractivity contribution is 5.97. The van der Waals surface area contributed by atoms with Gasteiger partial charge in [-0.05, 0) is 46.5 Å². The number of phenols is 2. The van der Waals surface area contributed by atoms with Crippen molar-refractivity contribution in [2.45, 2.75) is 11.8 Å². The number of Topliss-reactive ketones (excluding diaryl/α,β-unsaturated/α-hetero) is 1. The molecule has 3 heteroatoms. The summed E-state index contributed by atoms with van der Waals surface area (Å²) in [5, 5.41) is 20.1. The van der Waals surface area contributed by atoms with Gasteiger partial charge in [-0.1, -0.05) is 84.9 Å². The molecule has 0 amide bonds. The third-order valence-electron chi connectivity index (χ3n) is 5.24. The normalized spacial score (nSPS) is 12.8. The molecule has 2 atom stereocenters. The van der Waals surface area contributed by atoms with Crippen molar-refractivity contribution in [2.75, 3.05) is 0 Å². The second kappa shape index (κ2) is 8.66. The van der Waals surface area contributed by atoms with Gasteiger partial charge in [0.2, 0.25) is 0 Å². The molecule has 0 bridgehead atoms. The maximum Gasteiger partial charge on any atom is 0.156 e. The van der Waals surface area contributed by atoms with Crippen molar-refractivity contribution in [2.24, 2.45) is 0 Å². The van der Waals surface area contributed by atoms with Crippen molar-refractivity contribution in [1.29, 1.82) is 0 Å². The maximum atomic E-state index is 14.1. The molecule has 0 aliphatic carbocycles. The fraction of sp³-hybridized carbons (Fsp3) is 0.0741. The van der Waals surface area contributed by atoms with E-state index in [4.69, 9.17) is 0 Å². The molecule has 0 aromatic heterocycles. The summed E-state index contributed by atoms with van der Waals surface area (Å²) in [6.45, 7) is 0. The van der Waals surface area contributed by atoms with Gasteiger partial charge in [0.1, 0.15) is 11.5 Å². The average molecular weight is 394 g/mol. The van der Waals surface area contributed by atoms with Gasteiger partial charge < -0.3 is 10.2 Å². The molecule has 0 saturated heterocycles. The fourth-order valence-electron chi connectivity index (χ4n) is 3.91. The summed E-state index contributed by atoms with van der Waals surface area (Å²) < 4.78 is 0. The van der Waals surface area contributed by atoms with Gasteiger partial charge in [-0.2, -0.15) is 0 Å². The van der Waals surface area contributed by atoms with Gasteiger partial charge in [0.15, 0.2) is 5.78 Å². The predicted octanol–water partition coefficient (Wildman–Crippen LogP) is 5.63. The Balaban J connectivity index is 1.88. The van der Waals surface area contributed by atoms with Crippen LogP contribution in [0, 0.1) is 0 Å². The Morgan fingerprint density at radius 2 is 0.867 bits per heavy atom. The summed E-state index contributed by atoms with van der Waals surface area (Å²) in [5.41, 5.74) is 3.17. The van der Waals surface area contributed by atoms with Crippen LogP contribution >= 0.6 is 0 Å². The number of rotatable bonds is 6. The lowest BCUT2D eigenvalue weighted by Crippen LogP contribution is -2.23. The lowest BCUT2D eigenvalue weighted by Gasteiger charge is -2.24. The van der Waals surface area contributed by atoms with E-state index in [-0.39, 0.29) is 17.3 Å². The Morgan fingerprint density at radius 3 is 1.23 bits per heavy atom. The van der Waals surface area contributed by atoms with E-state index in [0.29, 0.717) is 0 Å². The lowest BCUT2D eigenvalue weighted by atomic mass is 9.77. The van der Waals surface area contributed by atoms with Gasteiger partial charge >= 0.3 is 0 Å². The summed E-state index contributed by atoms with van der Waals surface area (Å²) in [6.07, 6.45) is 0. The van der Waals surface area contributed by atoms with E-state index < -0.39 is 11.8 Å². The number of ketones is 1. The van der Waals surface area contributed by atoms with Crippen LogP contribution in [0.2, 0.25) is 0 Å². The molecular weight excluding hydrogens is 372 g/mol. The third-order valence-corrected chi connectivity index (χ3v) is 5.24. The van der Waals surface area contributed by atoms with Crippen molar-refractivity contribution in [3.05, 3.63) is 131 Å². The standard InChI is InChI=1S/C27H22O3/c28-23-15-7-13-21(17-23)25(19-9-3-1-4-10-19)27(30)26(20-11-5-2-6-12-20)22-14-8-16-24(29)18-22/h1-18,25-26,28-29H. The van der Waals surface area contributed by atoms with E-state index >= 15 is 0 Å². The highest BCUT2D eigenvalue weighted by Crippen LogP contribution is 2.37. The van der Waals surface area contributed by atoms with E-state index in [1.165, 1.54) is 0 Å². The van der Waals surface area contributed by atoms with Crippen LogP contribution in [0.25, 0.3) is 0 Å². The second-order valence-electron chi connectivity index (χ2n) is 7.28. The van der Waals surface area contributed by atoms with Gasteiger partial charge in [0.05, 0.1) is 11.8 Å². The fourth-order valence-corrected chi connectivity index (χ4v) is 3.91. The minimum atomic E-state index is -0.564. The molecule has 0 fully saturated rings. The molecule has 148 valence electrons. The van der Waals surface area contributed by atoms with E-state index in [1.807, 2.05) is 72.8 Å². The quantitative estimate of drug-likeness (QED) is 0.445. The summed E-state index contributed by atoms with van der Waals surface area (Å²) in [4.78, 5) is 14.1. The van der Waals surface area contributed by atoms with Crippen LogP contribution in [0.4, 0.5) is 0 Å². The molecule has 2 N–H and O–H groups in total. The predicted molar refractivity (Wildman–Crippen MR) is 118 cm³/mol. The Hall–Kier alpha value is -3.85. The number of carbonyl (C=O) groups is 1. The molecule has 0 heterocycles. The first-order chi connectivity index (χ1) is 14.6. The van der Waals surface area contributed by atoms with Crippen LogP contribution < -0.4 is 0 Å². The number of benzene rings is 4. The van der Waals surface area contributed by atoms with Crippen LogP contribution in [0.3, 0.4) is 0 Å². The second-order valence-corrected chi connectivity index (χ2v) is 7.28. The Morgan fingerprint density at radius 1 is 0.500 bits per heavy atom. The molecule has 4 rings (SSSR count). The van der Waals surface area contributed by atoms with Crippen LogP contribution in [-0.2, 0) is 4.79 Å². The summed E-state index contributed by atoms with van der Waals surface area (Å²) in [6, 6.07) is 32.9. The van der Waals surface area contributed by atoms with Crippen LogP contribution in [0.15, 0.2) is 109 Å². The topological polar surface area (TPSA) is 57.5 Å². The third kappa shape index (κ3) is 4.11. The van der Waals surface area contributed by atoms with Crippen molar-refractivity contribution in [3.63, 3.8) is 0 Å². The number of hydrogen-bond donors (Lipinski definition) is 2. The first-order valence-corrected chi connectivity index (χ1v) is 9.85. The zero-order valence-electron chi connectivity index (χ0n) is 16.3. The minimum Gasteiger partial charge on any atom is -0.508 e. The Labute approximate surface area is 175 Å². The van der Waals surface area contributed by atoms with E-state index in [9.17, 15) is 15.0 Å². The SMILES string of the molecule is O=C(C(c1ccccc1)c1cccc(O)c1)C(c1ccccc1)c1cccc(O)c1. The average Bonchev–Trinajstić information content (AvgIpc) is 2.76. The van der Waals surface area contributed by atoms with Gasteiger partial charge in [-0.15, -0.1) is 0 Å². The summed E-state index contributed by atoms with van der Waals surface area (Å²) >= 11 is 0. The van der Waals surface area contributed by atoms with Gasteiger partial charge in [0.25, 0.3) is 0 Å². The van der Waals surface area contributed by atoms with E-state index in [0.717, 1.165) is 22.3 Å². The molecule has 30 heavy (non-hydrogen) atoms. The highest BCUT2D eigenvalue weighted by atomic mass is 16.3. The lowest BCUT2D eigenvalue weighted by molar-refractivity contribution is -0.120. The Kier molecular flexibility index (Phi) is 5.62. The monoisotopic (exact) mass is 394 g/mol. The maximum absolute atomic E-state index is 14.1. The molecule has 0 aliphatic rings. The zero-order valence-corrected chi connectivity index (χ0v) is 16.3. The molecule has 2 unspecified atom stereocenters. The molecule has 4 aromatic carbocycles. The number of carbonyl (C=O) groups excluding carboxylic acids is 1. The molecule has 3 nitrogen and oxygen atoms in total. The minimum absolute atomic E-state index is 0.0244. The number of phenolic OH excluding ortho intramolecular Hbond substituents is 2. The first kappa shape index (κ1) is 19.5. The largest absolute Gasteiger partial charge is 0.508 e. The Bertz CT molecular complexity index is 1050. The summed E-state index contributed by atoms with van der Waals surface area (Å²) in [7, 11) is 0. The molecular formula is C27H22O3. The van der Waals surface area contributed by atoms with Crippen molar-refractivity contribution < 1.29 is 15.0 Å². The van der Waals surface area contributed by atoms with Gasteiger partial charge in [-0.25, -0.2) is 0 Å². The van der Waals surface area contributed by atoms with Crippen LogP contribution in [0.5, 0.6) is 11.5 Å². The van der Waals surface area contributed by atoms with Crippen molar-refractivity contribution in [1.82, 2.24) is 0 Å². The molecule has 0 radical (unpaired) electrons. The van der Waals surface area contributed by atoms with Crippen LogP contribution in [-0.4, -0.2) is 16.0 Å². The van der Waals surface area contributed by atoms with Crippen molar-refractivity contribution in [3.8, 4) is 11.5 Å². The smallest absolute Gasteiger partial charge is 0.156 e. The highest BCUT2D eigenvalue weighted by Gasteiger charge is 2.32. The molecule has 0 aliphatic heterocycles. The number of aromatic hydroxyl groups is 2. The molecule has 0 saturated carbocycles. The van der Waals surface area contributed by atoms with Crippen molar-refractivity contribution >= 4 is 5.78 Å². The zero-order chi connectivity index (χ0) is 20.9. The van der Waals surface area contributed by atoms with E-state index in [2.05, 4.69) is 0 Å². The summed E-state index contributed by atoms with van der Waals surface area (Å²) in [5.74, 6) is -0.912. The molecule has 4 aromatic rings. The molecule has 0 spiro atoms. The van der Waals surface area contributed by atoms with Gasteiger partial charge in [0, 0.05) is 0 Å².